The molecule has 22 heavy (non-hydrogen) atoms. The van der Waals surface area contributed by atoms with E-state index in [2.05, 4.69) is 13.8 Å². The molecule has 1 nitrogen and oxygen atoms in total. The van der Waals surface area contributed by atoms with Crippen LogP contribution >= 0.6 is 11.8 Å². The van der Waals surface area contributed by atoms with Gasteiger partial charge in [-0.3, -0.25) is 4.79 Å². The van der Waals surface area contributed by atoms with Crippen LogP contribution in [0.1, 0.15) is 110 Å². The average Bonchev–Trinajstić information content (AvgIpc) is 2.54. The standard InChI is InChI=1S/C20H40OS/c1-4-5-6-7-8-9-10-11-12-13-14-15-16-17-18-19(2)20(21)22-3/h19H,4-18H2,1-3H3. The van der Waals surface area contributed by atoms with E-state index in [1.165, 1.54) is 102 Å². The van der Waals surface area contributed by atoms with Gasteiger partial charge in [0.05, 0.1) is 0 Å². The number of carbonyl (C=O) groups excluding carboxylic acids is 1. The van der Waals surface area contributed by atoms with Crippen molar-refractivity contribution in [3.05, 3.63) is 0 Å². The molecule has 132 valence electrons. The molecule has 0 aliphatic carbocycles. The lowest BCUT2D eigenvalue weighted by atomic mass is 10.0. The molecule has 0 aliphatic rings. The summed E-state index contributed by atoms with van der Waals surface area (Å²) in [6, 6.07) is 0. The fourth-order valence-corrected chi connectivity index (χ4v) is 3.48. The van der Waals surface area contributed by atoms with Gasteiger partial charge in [-0.05, 0) is 12.7 Å². The molecule has 0 aromatic heterocycles. The Morgan fingerprint density at radius 2 is 1.09 bits per heavy atom. The summed E-state index contributed by atoms with van der Waals surface area (Å²) in [5, 5.41) is 0.356. The first-order valence-corrected chi connectivity index (χ1v) is 11.0. The summed E-state index contributed by atoms with van der Waals surface area (Å²) < 4.78 is 0. The highest BCUT2D eigenvalue weighted by Gasteiger charge is 2.10. The van der Waals surface area contributed by atoms with Crippen LogP contribution in [0.2, 0.25) is 0 Å². The van der Waals surface area contributed by atoms with E-state index in [4.69, 9.17) is 0 Å². The van der Waals surface area contributed by atoms with Crippen molar-refractivity contribution in [3.63, 3.8) is 0 Å². The van der Waals surface area contributed by atoms with E-state index in [1.807, 2.05) is 6.26 Å². The van der Waals surface area contributed by atoms with E-state index >= 15 is 0 Å². The second-order valence-corrected chi connectivity index (χ2v) is 7.62. The molecule has 2 heteroatoms. The summed E-state index contributed by atoms with van der Waals surface area (Å²) in [6.45, 7) is 4.35. The number of unbranched alkanes of at least 4 members (excludes halogenated alkanes) is 13. The van der Waals surface area contributed by atoms with Crippen molar-refractivity contribution in [1.29, 1.82) is 0 Å². The van der Waals surface area contributed by atoms with E-state index in [0.29, 0.717) is 5.12 Å². The molecule has 0 aliphatic heterocycles. The Kier molecular flexibility index (Phi) is 17.4. The Hall–Kier alpha value is 0.0200. The average molecular weight is 329 g/mol. The predicted octanol–water partition coefficient (Wildman–Crippen LogP) is 7.38. The van der Waals surface area contributed by atoms with Crippen LogP contribution in [0, 0.1) is 5.92 Å². The minimum atomic E-state index is 0.257. The molecule has 0 aromatic carbocycles. The molecule has 0 spiro atoms. The van der Waals surface area contributed by atoms with Crippen molar-refractivity contribution in [2.45, 2.75) is 110 Å². The molecule has 0 rings (SSSR count). The highest BCUT2D eigenvalue weighted by molar-refractivity contribution is 8.13. The first-order valence-electron chi connectivity index (χ1n) is 9.80. The van der Waals surface area contributed by atoms with E-state index in [0.717, 1.165) is 6.42 Å². The predicted molar refractivity (Wildman–Crippen MR) is 103 cm³/mol. The highest BCUT2D eigenvalue weighted by atomic mass is 32.2. The smallest absolute Gasteiger partial charge is 0.191 e. The number of thioether (sulfide) groups is 1. The first kappa shape index (κ1) is 22.0. The first-order chi connectivity index (χ1) is 10.7. The largest absolute Gasteiger partial charge is 0.287 e. The number of carbonyl (C=O) groups is 1. The molecule has 0 bridgehead atoms. The van der Waals surface area contributed by atoms with Crippen molar-refractivity contribution in [1.82, 2.24) is 0 Å². The summed E-state index contributed by atoms with van der Waals surface area (Å²) in [7, 11) is 0. The van der Waals surface area contributed by atoms with Gasteiger partial charge in [-0.15, -0.1) is 0 Å². The van der Waals surface area contributed by atoms with Crippen LogP contribution in [-0.2, 0) is 4.79 Å². The summed E-state index contributed by atoms with van der Waals surface area (Å²) in [5.41, 5.74) is 0. The number of hydrogen-bond donors (Lipinski definition) is 0. The van der Waals surface area contributed by atoms with E-state index in [9.17, 15) is 4.79 Å². The van der Waals surface area contributed by atoms with Crippen molar-refractivity contribution < 1.29 is 4.79 Å². The van der Waals surface area contributed by atoms with Crippen LogP contribution in [0.5, 0.6) is 0 Å². The molecule has 0 N–H and O–H groups in total. The Morgan fingerprint density at radius 1 is 0.727 bits per heavy atom. The SMILES string of the molecule is CCCCCCCCCCCCCCCCC(C)C(=O)SC. The van der Waals surface area contributed by atoms with Gasteiger partial charge in [0.25, 0.3) is 0 Å². The molecule has 0 aromatic rings. The van der Waals surface area contributed by atoms with Crippen molar-refractivity contribution in [3.8, 4) is 0 Å². The quantitative estimate of drug-likeness (QED) is 0.275. The topological polar surface area (TPSA) is 17.1 Å². The molecule has 0 heterocycles. The van der Waals surface area contributed by atoms with Gasteiger partial charge in [-0.2, -0.15) is 0 Å². The minimum Gasteiger partial charge on any atom is -0.287 e. The Morgan fingerprint density at radius 3 is 1.45 bits per heavy atom. The van der Waals surface area contributed by atoms with Crippen LogP contribution in [-0.4, -0.2) is 11.4 Å². The van der Waals surface area contributed by atoms with Crippen LogP contribution in [0.15, 0.2) is 0 Å². The summed E-state index contributed by atoms with van der Waals surface area (Å²) >= 11 is 1.38. The lowest BCUT2D eigenvalue weighted by molar-refractivity contribution is -0.114. The van der Waals surface area contributed by atoms with Crippen LogP contribution in [0.25, 0.3) is 0 Å². The molecule has 1 atom stereocenters. The minimum absolute atomic E-state index is 0.257. The zero-order valence-electron chi connectivity index (χ0n) is 15.5. The van der Waals surface area contributed by atoms with Gasteiger partial charge in [-0.1, -0.05) is 116 Å². The van der Waals surface area contributed by atoms with Crippen LogP contribution < -0.4 is 0 Å². The van der Waals surface area contributed by atoms with Gasteiger partial charge >= 0.3 is 0 Å². The highest BCUT2D eigenvalue weighted by Crippen LogP contribution is 2.17. The summed E-state index contributed by atoms with van der Waals surface area (Å²) in [4.78, 5) is 11.4. The molecule has 0 saturated heterocycles. The maximum absolute atomic E-state index is 11.4. The number of hydrogen-bond acceptors (Lipinski definition) is 2. The van der Waals surface area contributed by atoms with Crippen LogP contribution in [0.4, 0.5) is 0 Å². The van der Waals surface area contributed by atoms with Gasteiger partial charge in [0.1, 0.15) is 0 Å². The maximum Gasteiger partial charge on any atom is 0.191 e. The zero-order chi connectivity index (χ0) is 16.5. The zero-order valence-corrected chi connectivity index (χ0v) is 16.3. The van der Waals surface area contributed by atoms with Gasteiger partial charge in [-0.25, -0.2) is 0 Å². The van der Waals surface area contributed by atoms with Gasteiger partial charge in [0.15, 0.2) is 5.12 Å². The van der Waals surface area contributed by atoms with Crippen molar-refractivity contribution in [2.75, 3.05) is 6.26 Å². The molecular formula is C20H40OS. The Bertz CT molecular complexity index is 240. The van der Waals surface area contributed by atoms with Crippen LogP contribution in [0.3, 0.4) is 0 Å². The fraction of sp³-hybridized carbons (Fsp3) is 0.950. The molecule has 0 amide bonds. The molecule has 1 unspecified atom stereocenters. The van der Waals surface area contributed by atoms with Gasteiger partial charge < -0.3 is 0 Å². The Labute approximate surface area is 144 Å². The van der Waals surface area contributed by atoms with Gasteiger partial charge in [0, 0.05) is 5.92 Å². The third-order valence-corrected chi connectivity index (χ3v) is 5.40. The molecule has 0 saturated carbocycles. The van der Waals surface area contributed by atoms with Crippen molar-refractivity contribution >= 4 is 16.9 Å². The monoisotopic (exact) mass is 328 g/mol. The lowest BCUT2D eigenvalue weighted by Crippen LogP contribution is -2.05. The summed E-state index contributed by atoms with van der Waals surface area (Å²) in [6.07, 6.45) is 22.5. The summed E-state index contributed by atoms with van der Waals surface area (Å²) in [5.74, 6) is 0.257. The Balaban J connectivity index is 3.10. The normalized spacial score (nSPS) is 12.5. The van der Waals surface area contributed by atoms with E-state index in [1.54, 1.807) is 0 Å². The van der Waals surface area contributed by atoms with E-state index < -0.39 is 0 Å². The second-order valence-electron chi connectivity index (χ2n) is 6.81. The number of rotatable bonds is 16. The second kappa shape index (κ2) is 17.4. The third-order valence-electron chi connectivity index (χ3n) is 4.59. The molecule has 0 radical (unpaired) electrons. The fourth-order valence-electron chi connectivity index (χ4n) is 2.96. The lowest BCUT2D eigenvalue weighted by Gasteiger charge is -2.08. The molecule has 0 fully saturated rings. The van der Waals surface area contributed by atoms with Crippen molar-refractivity contribution in [2.24, 2.45) is 5.92 Å². The van der Waals surface area contributed by atoms with E-state index in [-0.39, 0.29) is 5.92 Å². The maximum atomic E-state index is 11.4. The molecular weight excluding hydrogens is 288 g/mol. The third kappa shape index (κ3) is 14.9. The van der Waals surface area contributed by atoms with Gasteiger partial charge in [0.2, 0.25) is 0 Å².